The highest BCUT2D eigenvalue weighted by molar-refractivity contribution is 5.83. The molecular weight excluding hydrogens is 272 g/mol. The number of carbonyl (C=O) groups is 2. The summed E-state index contributed by atoms with van der Waals surface area (Å²) < 4.78 is 10.4. The summed E-state index contributed by atoms with van der Waals surface area (Å²) in [6.07, 6.45) is 5.83. The number of carbonyl (C=O) groups excluding carboxylic acids is 2. The molecule has 0 aliphatic heterocycles. The maximum atomic E-state index is 11.9. The second-order valence-corrected chi connectivity index (χ2v) is 7.51. The first-order valence-electron chi connectivity index (χ1n) is 7.49. The third kappa shape index (κ3) is 2.71. The van der Waals surface area contributed by atoms with Crippen LogP contribution in [0.1, 0.15) is 45.4 Å². The van der Waals surface area contributed by atoms with E-state index >= 15 is 0 Å². The van der Waals surface area contributed by atoms with Crippen molar-refractivity contribution >= 4 is 11.9 Å². The van der Waals surface area contributed by atoms with Crippen LogP contribution in [0.4, 0.5) is 0 Å². The number of aliphatic hydroxyl groups is 1. The molecule has 5 heteroatoms. The summed E-state index contributed by atoms with van der Waals surface area (Å²) in [6.45, 7) is 5.05. The van der Waals surface area contributed by atoms with Crippen LogP contribution in [0, 0.1) is 11.3 Å². The molecule has 4 fully saturated rings. The van der Waals surface area contributed by atoms with Crippen LogP contribution in [0.2, 0.25) is 0 Å². The lowest BCUT2D eigenvalue weighted by Gasteiger charge is -2.63. The maximum absolute atomic E-state index is 11.9. The van der Waals surface area contributed by atoms with Gasteiger partial charge in [-0.05, 0) is 43.4 Å². The number of rotatable bonds is 4. The van der Waals surface area contributed by atoms with Gasteiger partial charge in [0.2, 0.25) is 0 Å². The second-order valence-electron chi connectivity index (χ2n) is 7.51. The molecule has 5 nitrogen and oxygen atoms in total. The van der Waals surface area contributed by atoms with E-state index < -0.39 is 29.7 Å². The van der Waals surface area contributed by atoms with E-state index in [1.165, 1.54) is 0 Å². The van der Waals surface area contributed by atoms with E-state index in [1.54, 1.807) is 0 Å². The molecule has 0 spiro atoms. The van der Waals surface area contributed by atoms with Crippen molar-refractivity contribution in [2.75, 3.05) is 6.61 Å². The topological polar surface area (TPSA) is 72.8 Å². The minimum atomic E-state index is -0.702. The fraction of sp³-hybridized carbons (Fsp3) is 0.750. The zero-order valence-corrected chi connectivity index (χ0v) is 12.4. The molecule has 4 aliphatic rings. The highest BCUT2D eigenvalue weighted by Gasteiger charge is 2.63. The molecule has 4 saturated carbocycles. The molecule has 116 valence electrons. The van der Waals surface area contributed by atoms with Gasteiger partial charge in [-0.15, -0.1) is 0 Å². The number of hydrogen-bond acceptors (Lipinski definition) is 5. The van der Waals surface area contributed by atoms with Crippen molar-refractivity contribution in [3.63, 3.8) is 0 Å². The Hall–Kier alpha value is -1.36. The molecule has 4 atom stereocenters. The van der Waals surface area contributed by atoms with E-state index in [0.717, 1.165) is 38.2 Å². The molecule has 0 aromatic heterocycles. The van der Waals surface area contributed by atoms with Gasteiger partial charge in [0.25, 0.3) is 0 Å². The molecule has 0 heterocycles. The summed E-state index contributed by atoms with van der Waals surface area (Å²) in [5.41, 5.74) is -1.24. The Morgan fingerprint density at radius 2 is 2.05 bits per heavy atom. The standard InChI is InChI=1S/C16H22O5/c1-3-12(17)20-7-13(18)21-16-6-11-4-14(2,9-16)8-15(19,5-11)10-16/h3,11,19H,1,4-10H2,2H3. The third-order valence-electron chi connectivity index (χ3n) is 5.10. The van der Waals surface area contributed by atoms with Crippen LogP contribution in [0.15, 0.2) is 12.7 Å². The van der Waals surface area contributed by atoms with Crippen molar-refractivity contribution in [1.82, 2.24) is 0 Å². The van der Waals surface area contributed by atoms with Crippen LogP contribution in [-0.4, -0.2) is 34.9 Å². The Bertz CT molecular complexity index is 479. The fourth-order valence-corrected chi connectivity index (χ4v) is 5.34. The van der Waals surface area contributed by atoms with Crippen molar-refractivity contribution in [2.45, 2.75) is 56.7 Å². The Kier molecular flexibility index (Phi) is 3.17. The molecule has 0 amide bonds. The highest BCUT2D eigenvalue weighted by atomic mass is 16.6. The number of hydrogen-bond donors (Lipinski definition) is 1. The lowest BCUT2D eigenvalue weighted by atomic mass is 9.47. The van der Waals surface area contributed by atoms with Gasteiger partial charge in [0.05, 0.1) is 5.60 Å². The molecule has 0 saturated heterocycles. The van der Waals surface area contributed by atoms with E-state index in [0.29, 0.717) is 12.3 Å². The van der Waals surface area contributed by atoms with E-state index in [4.69, 9.17) is 9.47 Å². The van der Waals surface area contributed by atoms with E-state index in [1.807, 2.05) is 0 Å². The molecule has 4 aliphatic carbocycles. The SMILES string of the molecule is C=CC(=O)OCC(=O)OC12CC3CC(C)(CC(O)(C3)C1)C2. The summed E-state index contributed by atoms with van der Waals surface area (Å²) in [5.74, 6) is -0.762. The average Bonchev–Trinajstić information content (AvgIpc) is 2.30. The molecule has 0 radical (unpaired) electrons. The van der Waals surface area contributed by atoms with Crippen molar-refractivity contribution in [3.05, 3.63) is 12.7 Å². The van der Waals surface area contributed by atoms with Gasteiger partial charge in [-0.2, -0.15) is 0 Å². The van der Waals surface area contributed by atoms with Gasteiger partial charge in [0.15, 0.2) is 6.61 Å². The second kappa shape index (κ2) is 4.57. The Morgan fingerprint density at radius 3 is 2.67 bits per heavy atom. The van der Waals surface area contributed by atoms with Gasteiger partial charge >= 0.3 is 11.9 Å². The highest BCUT2D eigenvalue weighted by Crippen LogP contribution is 2.64. The van der Waals surface area contributed by atoms with Gasteiger partial charge in [-0.1, -0.05) is 13.5 Å². The zero-order valence-electron chi connectivity index (χ0n) is 12.4. The first-order valence-corrected chi connectivity index (χ1v) is 7.49. The molecule has 4 unspecified atom stereocenters. The minimum absolute atomic E-state index is 0.0479. The zero-order chi connectivity index (χ0) is 15.3. The number of esters is 2. The fourth-order valence-electron chi connectivity index (χ4n) is 5.34. The van der Waals surface area contributed by atoms with Gasteiger partial charge in [0.1, 0.15) is 5.60 Å². The van der Waals surface area contributed by atoms with Crippen molar-refractivity contribution in [1.29, 1.82) is 0 Å². The Balaban J connectivity index is 1.69. The van der Waals surface area contributed by atoms with Crippen LogP contribution in [0.5, 0.6) is 0 Å². The van der Waals surface area contributed by atoms with E-state index in [-0.39, 0.29) is 5.41 Å². The molecule has 21 heavy (non-hydrogen) atoms. The van der Waals surface area contributed by atoms with Gasteiger partial charge < -0.3 is 14.6 Å². The average molecular weight is 294 g/mol. The monoisotopic (exact) mass is 294 g/mol. The normalized spacial score (nSPS) is 43.4. The van der Waals surface area contributed by atoms with Gasteiger partial charge in [-0.25, -0.2) is 9.59 Å². The van der Waals surface area contributed by atoms with Crippen LogP contribution >= 0.6 is 0 Å². The predicted octanol–water partition coefficient (Wildman–Crippen LogP) is 1.73. The lowest BCUT2D eigenvalue weighted by molar-refractivity contribution is -0.240. The van der Waals surface area contributed by atoms with Gasteiger partial charge in [0, 0.05) is 12.5 Å². The van der Waals surface area contributed by atoms with Crippen molar-refractivity contribution in [3.8, 4) is 0 Å². The quantitative estimate of drug-likeness (QED) is 0.631. The first kappa shape index (κ1) is 14.6. The van der Waals surface area contributed by atoms with E-state index in [9.17, 15) is 14.7 Å². The van der Waals surface area contributed by atoms with Crippen LogP contribution in [0.25, 0.3) is 0 Å². The van der Waals surface area contributed by atoms with Crippen LogP contribution in [-0.2, 0) is 19.1 Å². The smallest absolute Gasteiger partial charge is 0.344 e. The molecule has 4 bridgehead atoms. The maximum Gasteiger partial charge on any atom is 0.344 e. The summed E-state index contributed by atoms with van der Waals surface area (Å²) in [5, 5.41) is 10.7. The molecule has 0 aromatic rings. The van der Waals surface area contributed by atoms with Gasteiger partial charge in [-0.3, -0.25) is 0 Å². The minimum Gasteiger partial charge on any atom is -0.456 e. The largest absolute Gasteiger partial charge is 0.456 e. The Labute approximate surface area is 124 Å². The first-order chi connectivity index (χ1) is 9.76. The van der Waals surface area contributed by atoms with Crippen molar-refractivity contribution in [2.24, 2.45) is 11.3 Å². The third-order valence-corrected chi connectivity index (χ3v) is 5.10. The van der Waals surface area contributed by atoms with E-state index in [2.05, 4.69) is 13.5 Å². The lowest BCUT2D eigenvalue weighted by Crippen LogP contribution is -2.63. The predicted molar refractivity (Wildman–Crippen MR) is 74.2 cm³/mol. The number of ether oxygens (including phenoxy) is 2. The van der Waals surface area contributed by atoms with Crippen LogP contribution in [0.3, 0.4) is 0 Å². The molecule has 1 N–H and O–H groups in total. The van der Waals surface area contributed by atoms with Crippen molar-refractivity contribution < 1.29 is 24.2 Å². The molecule has 0 aromatic carbocycles. The summed E-state index contributed by atoms with van der Waals surface area (Å²) in [4.78, 5) is 22.9. The van der Waals surface area contributed by atoms with Crippen LogP contribution < -0.4 is 0 Å². The Morgan fingerprint density at radius 1 is 1.29 bits per heavy atom. The summed E-state index contributed by atoms with van der Waals surface area (Å²) >= 11 is 0. The molecule has 4 rings (SSSR count). The molecular formula is C16H22O5. The summed E-state index contributed by atoms with van der Waals surface area (Å²) in [7, 11) is 0. The summed E-state index contributed by atoms with van der Waals surface area (Å²) in [6, 6.07) is 0.